The van der Waals surface area contributed by atoms with Gasteiger partial charge in [-0.2, -0.15) is 0 Å². The van der Waals surface area contributed by atoms with Gasteiger partial charge in [-0.25, -0.2) is 23.1 Å². The fraction of sp³-hybridized carbons (Fsp3) is 0.304. The highest BCUT2D eigenvalue weighted by molar-refractivity contribution is 14.1. The van der Waals surface area contributed by atoms with Crippen molar-refractivity contribution in [1.82, 2.24) is 15.0 Å². The average molecular weight is 601 g/mol. The highest BCUT2D eigenvalue weighted by atomic mass is 127. The van der Waals surface area contributed by atoms with Crippen LogP contribution in [0.5, 0.6) is 0 Å². The Labute approximate surface area is 214 Å². The van der Waals surface area contributed by atoms with Gasteiger partial charge >= 0.3 is 11.9 Å². The number of alkyl halides is 2. The molecule has 0 aliphatic heterocycles. The van der Waals surface area contributed by atoms with Crippen LogP contribution in [0, 0.1) is 3.57 Å². The topological polar surface area (TPSA) is 135 Å². The van der Waals surface area contributed by atoms with Gasteiger partial charge in [-0.3, -0.25) is 0 Å². The van der Waals surface area contributed by atoms with Crippen LogP contribution < -0.4 is 11.5 Å². The highest BCUT2D eigenvalue weighted by Gasteiger charge is 2.19. The SMILES string of the molecule is COC(=O)c1cc(-c2cnnn2C(C)C)c(CF)cc1N.COC(=O)c1cc(I)c(CF)cc1N. The van der Waals surface area contributed by atoms with Crippen molar-refractivity contribution in [2.24, 2.45) is 0 Å². The zero-order valence-electron chi connectivity index (χ0n) is 19.6. The number of nitrogens with zero attached hydrogens (tertiary/aromatic N) is 3. The zero-order chi connectivity index (χ0) is 26.3. The molecule has 1 aromatic heterocycles. The molecular weight excluding hydrogens is 575 g/mol. The van der Waals surface area contributed by atoms with Crippen molar-refractivity contribution >= 4 is 45.9 Å². The molecular formula is C23H26F2IN5O4. The van der Waals surface area contributed by atoms with E-state index in [1.54, 1.807) is 4.68 Å². The molecule has 0 unspecified atom stereocenters. The minimum Gasteiger partial charge on any atom is -0.465 e. The molecule has 4 N–H and O–H groups in total. The highest BCUT2D eigenvalue weighted by Crippen LogP contribution is 2.30. The third-order valence-electron chi connectivity index (χ3n) is 4.93. The van der Waals surface area contributed by atoms with E-state index in [0.29, 0.717) is 26.0 Å². The summed E-state index contributed by atoms with van der Waals surface area (Å²) in [5.41, 5.74) is 14.3. The summed E-state index contributed by atoms with van der Waals surface area (Å²) in [4.78, 5) is 22.9. The number of hydrogen-bond donors (Lipinski definition) is 2. The van der Waals surface area contributed by atoms with Crippen molar-refractivity contribution in [1.29, 1.82) is 0 Å². The number of benzene rings is 2. The fourth-order valence-electron chi connectivity index (χ4n) is 3.14. The summed E-state index contributed by atoms with van der Waals surface area (Å²) in [5.74, 6) is -1.08. The summed E-state index contributed by atoms with van der Waals surface area (Å²) < 4.78 is 37.2. The lowest BCUT2D eigenvalue weighted by molar-refractivity contribution is 0.0593. The quantitative estimate of drug-likeness (QED) is 0.240. The molecule has 3 aromatic rings. The summed E-state index contributed by atoms with van der Waals surface area (Å²) in [5, 5.41) is 7.84. The molecule has 0 bridgehead atoms. The molecule has 0 atom stereocenters. The first-order valence-corrected chi connectivity index (χ1v) is 11.4. The number of hydrogen-bond acceptors (Lipinski definition) is 8. The Hall–Kier alpha value is -3.29. The molecule has 0 amide bonds. The van der Waals surface area contributed by atoms with Gasteiger partial charge < -0.3 is 20.9 Å². The molecule has 0 radical (unpaired) electrons. The third-order valence-corrected chi connectivity index (χ3v) is 5.94. The zero-order valence-corrected chi connectivity index (χ0v) is 21.8. The number of aromatic nitrogens is 3. The van der Waals surface area contributed by atoms with Crippen LogP contribution in [-0.2, 0) is 22.8 Å². The molecule has 0 saturated carbocycles. The van der Waals surface area contributed by atoms with Crippen LogP contribution in [0.25, 0.3) is 11.3 Å². The Morgan fingerprint density at radius 3 is 1.97 bits per heavy atom. The van der Waals surface area contributed by atoms with Gasteiger partial charge in [-0.15, -0.1) is 5.10 Å². The van der Waals surface area contributed by atoms with E-state index in [-0.39, 0.29) is 28.5 Å². The lowest BCUT2D eigenvalue weighted by atomic mass is 10.00. The molecule has 0 fully saturated rings. The number of methoxy groups -OCH3 is 2. The Morgan fingerprint density at radius 2 is 1.49 bits per heavy atom. The minimum absolute atomic E-state index is 0.0501. The van der Waals surface area contributed by atoms with Crippen LogP contribution in [-0.4, -0.2) is 41.2 Å². The number of ether oxygens (including phenoxy) is 2. The molecule has 35 heavy (non-hydrogen) atoms. The average Bonchev–Trinajstić information content (AvgIpc) is 3.34. The Balaban J connectivity index is 0.000000269. The van der Waals surface area contributed by atoms with E-state index in [4.69, 9.17) is 11.5 Å². The first kappa shape index (κ1) is 28.0. The van der Waals surface area contributed by atoms with Crippen molar-refractivity contribution in [3.05, 3.63) is 56.3 Å². The van der Waals surface area contributed by atoms with E-state index in [0.717, 1.165) is 0 Å². The second-order valence-corrected chi connectivity index (χ2v) is 8.70. The summed E-state index contributed by atoms with van der Waals surface area (Å²) in [6.45, 7) is 2.58. The van der Waals surface area contributed by atoms with Gasteiger partial charge in [0.1, 0.15) is 13.3 Å². The molecule has 0 saturated heterocycles. The van der Waals surface area contributed by atoms with Gasteiger partial charge in [-0.1, -0.05) is 5.21 Å². The minimum atomic E-state index is -0.704. The van der Waals surface area contributed by atoms with E-state index in [2.05, 4.69) is 19.8 Å². The van der Waals surface area contributed by atoms with E-state index < -0.39 is 25.3 Å². The summed E-state index contributed by atoms with van der Waals surface area (Å²) in [6, 6.07) is 5.99. The number of rotatable bonds is 6. The molecule has 12 heteroatoms. The predicted octanol–water partition coefficient (Wildman–Crippen LogP) is 4.49. The maximum absolute atomic E-state index is 13.3. The summed E-state index contributed by atoms with van der Waals surface area (Å²) in [7, 11) is 2.54. The van der Waals surface area contributed by atoms with E-state index in [1.165, 1.54) is 44.7 Å². The van der Waals surface area contributed by atoms with Gasteiger partial charge in [0.25, 0.3) is 0 Å². The standard InChI is InChI=1S/C14H17FN4O2.C9H9FINO2/c1-8(2)19-13(7-17-18-19)10-5-11(14(20)21-3)12(16)4-9(10)6-15;1-14-9(13)6-3-7(11)5(4-10)2-8(6)12/h4-5,7-8H,6,16H2,1-3H3;2-3H,4,12H2,1H3. The fourth-order valence-corrected chi connectivity index (χ4v) is 3.75. The second kappa shape index (κ2) is 12.4. The first-order valence-electron chi connectivity index (χ1n) is 10.3. The third kappa shape index (κ3) is 6.44. The molecule has 0 spiro atoms. The van der Waals surface area contributed by atoms with Crippen LogP contribution in [0.1, 0.15) is 51.7 Å². The van der Waals surface area contributed by atoms with Crippen molar-refractivity contribution in [2.45, 2.75) is 33.2 Å². The van der Waals surface area contributed by atoms with E-state index >= 15 is 0 Å². The van der Waals surface area contributed by atoms with Crippen LogP contribution in [0.15, 0.2) is 30.5 Å². The molecule has 1 heterocycles. The van der Waals surface area contributed by atoms with Crippen molar-refractivity contribution in [2.75, 3.05) is 25.7 Å². The normalized spacial score (nSPS) is 10.5. The molecule has 9 nitrogen and oxygen atoms in total. The Morgan fingerprint density at radius 1 is 0.971 bits per heavy atom. The number of esters is 2. The van der Waals surface area contributed by atoms with Gasteiger partial charge in [-0.05, 0) is 71.8 Å². The first-order chi connectivity index (χ1) is 16.6. The van der Waals surface area contributed by atoms with Gasteiger partial charge in [0.2, 0.25) is 0 Å². The molecule has 0 aliphatic carbocycles. The number of carbonyl (C=O) groups is 2. The maximum Gasteiger partial charge on any atom is 0.339 e. The summed E-state index contributed by atoms with van der Waals surface area (Å²) >= 11 is 1.95. The van der Waals surface area contributed by atoms with Gasteiger partial charge in [0, 0.05) is 26.6 Å². The second-order valence-electron chi connectivity index (χ2n) is 7.54. The molecule has 2 aromatic carbocycles. The maximum atomic E-state index is 13.3. The Bertz CT molecular complexity index is 1220. The monoisotopic (exact) mass is 601 g/mol. The largest absolute Gasteiger partial charge is 0.465 e. The van der Waals surface area contributed by atoms with Gasteiger partial charge in [0.05, 0.1) is 37.2 Å². The van der Waals surface area contributed by atoms with Crippen LogP contribution in [0.2, 0.25) is 0 Å². The smallest absolute Gasteiger partial charge is 0.339 e. The lowest BCUT2D eigenvalue weighted by Gasteiger charge is -2.14. The van der Waals surface area contributed by atoms with Crippen molar-refractivity contribution in [3.8, 4) is 11.3 Å². The van der Waals surface area contributed by atoms with Crippen molar-refractivity contribution < 1.29 is 27.8 Å². The van der Waals surface area contributed by atoms with Crippen LogP contribution in [0.3, 0.4) is 0 Å². The number of halogens is 3. The van der Waals surface area contributed by atoms with Crippen LogP contribution >= 0.6 is 22.6 Å². The number of anilines is 2. The lowest BCUT2D eigenvalue weighted by Crippen LogP contribution is -2.09. The predicted molar refractivity (Wildman–Crippen MR) is 136 cm³/mol. The number of nitrogens with two attached hydrogens (primary N) is 2. The van der Waals surface area contributed by atoms with Crippen LogP contribution in [0.4, 0.5) is 20.2 Å². The van der Waals surface area contributed by atoms with E-state index in [1.807, 2.05) is 36.4 Å². The van der Waals surface area contributed by atoms with Crippen molar-refractivity contribution in [3.63, 3.8) is 0 Å². The number of nitrogen functional groups attached to an aromatic ring is 2. The van der Waals surface area contributed by atoms with Gasteiger partial charge in [0.15, 0.2) is 0 Å². The van der Waals surface area contributed by atoms with E-state index in [9.17, 15) is 18.4 Å². The summed E-state index contributed by atoms with van der Waals surface area (Å²) in [6.07, 6.45) is 1.53. The molecule has 188 valence electrons. The molecule has 3 rings (SSSR count). The number of carbonyl (C=O) groups excluding carboxylic acids is 2. The molecule has 0 aliphatic rings. The Kier molecular flexibility index (Phi) is 9.92.